The summed E-state index contributed by atoms with van der Waals surface area (Å²) >= 11 is 0. The van der Waals surface area contributed by atoms with Crippen molar-refractivity contribution in [3.05, 3.63) is 35.3 Å². The van der Waals surface area contributed by atoms with E-state index in [1.54, 1.807) is 0 Å². The van der Waals surface area contributed by atoms with Gasteiger partial charge in [-0.3, -0.25) is 9.48 Å². The lowest BCUT2D eigenvalue weighted by atomic mass is 9.70. The van der Waals surface area contributed by atoms with Crippen LogP contribution in [0, 0.1) is 11.3 Å². The van der Waals surface area contributed by atoms with E-state index in [9.17, 15) is 26.4 Å². The summed E-state index contributed by atoms with van der Waals surface area (Å²) in [4.78, 5) is 16.7. The fourth-order valence-corrected chi connectivity index (χ4v) is 5.17. The number of anilines is 1. The van der Waals surface area contributed by atoms with Crippen molar-refractivity contribution in [2.75, 3.05) is 5.32 Å². The smallest absolute Gasteiger partial charge is 0.320 e. The Morgan fingerprint density at radius 2 is 1.97 bits per heavy atom. The molecule has 0 saturated heterocycles. The molecule has 32 heavy (non-hydrogen) atoms. The van der Waals surface area contributed by atoms with Crippen LogP contribution in [-0.4, -0.2) is 29.1 Å². The lowest BCUT2D eigenvalue weighted by Crippen LogP contribution is -2.33. The Labute approximate surface area is 182 Å². The number of aromatic nitrogens is 3. The van der Waals surface area contributed by atoms with Crippen LogP contribution in [0.2, 0.25) is 0 Å². The second kappa shape index (κ2) is 7.01. The number of hydrogen-bond donors (Lipinski definition) is 2. The molecule has 8 nitrogen and oxygen atoms in total. The van der Waals surface area contributed by atoms with Crippen molar-refractivity contribution in [3.8, 4) is 0 Å². The van der Waals surface area contributed by atoms with Gasteiger partial charge in [0.15, 0.2) is 5.03 Å². The standard InChI is InChI=1S/C20H22F3N5O3S/c21-20(22,23)15-16(11-1-2-11)27-28(10-12-3-5-19(12)6-7-19)17(15)18(29)26-13-4-8-25-14(9-13)32(24,30)31/h4,8-9,11-12H,1-3,5-7,10H2,(H2,24,30,31)(H,25,26,29). The molecule has 172 valence electrons. The highest BCUT2D eigenvalue weighted by Crippen LogP contribution is 2.65. The molecule has 2 aromatic heterocycles. The van der Waals surface area contributed by atoms with E-state index in [1.165, 1.54) is 10.7 Å². The van der Waals surface area contributed by atoms with E-state index in [2.05, 4.69) is 15.4 Å². The third kappa shape index (κ3) is 3.79. The van der Waals surface area contributed by atoms with E-state index in [4.69, 9.17) is 5.14 Å². The minimum Gasteiger partial charge on any atom is -0.320 e. The monoisotopic (exact) mass is 469 g/mol. The van der Waals surface area contributed by atoms with Gasteiger partial charge in [0, 0.05) is 30.4 Å². The van der Waals surface area contributed by atoms with E-state index in [0.717, 1.165) is 37.9 Å². The molecule has 2 aromatic rings. The Morgan fingerprint density at radius 1 is 1.25 bits per heavy atom. The molecule has 1 atom stereocenters. The summed E-state index contributed by atoms with van der Waals surface area (Å²) in [5, 5.41) is 11.2. The number of nitrogens with two attached hydrogens (primary N) is 1. The number of carbonyl (C=O) groups excluding carboxylic acids is 1. The summed E-state index contributed by atoms with van der Waals surface area (Å²) in [6.07, 6.45) is 1.68. The molecule has 3 aliphatic carbocycles. The molecule has 3 N–H and O–H groups in total. The molecule has 1 unspecified atom stereocenters. The van der Waals surface area contributed by atoms with Crippen molar-refractivity contribution in [3.63, 3.8) is 0 Å². The second-order valence-electron chi connectivity index (χ2n) is 9.04. The number of alkyl halides is 3. The highest BCUT2D eigenvalue weighted by molar-refractivity contribution is 7.89. The predicted molar refractivity (Wildman–Crippen MR) is 107 cm³/mol. The van der Waals surface area contributed by atoms with Crippen LogP contribution in [0.4, 0.5) is 18.9 Å². The first-order valence-corrected chi connectivity index (χ1v) is 12.0. The molecule has 0 aromatic carbocycles. The van der Waals surface area contributed by atoms with Crippen LogP contribution in [0.15, 0.2) is 23.4 Å². The number of nitrogens with one attached hydrogen (secondary N) is 1. The molecule has 0 aliphatic heterocycles. The Kier molecular flexibility index (Phi) is 4.68. The molecule has 0 bridgehead atoms. The summed E-state index contributed by atoms with van der Waals surface area (Å²) < 4.78 is 66.6. The molecular formula is C20H22F3N5O3S. The number of sulfonamides is 1. The zero-order valence-electron chi connectivity index (χ0n) is 17.0. The van der Waals surface area contributed by atoms with Gasteiger partial charge in [0.25, 0.3) is 15.9 Å². The van der Waals surface area contributed by atoms with Gasteiger partial charge in [0.05, 0.1) is 5.69 Å². The van der Waals surface area contributed by atoms with E-state index in [1.807, 2.05) is 0 Å². The first kappa shape index (κ1) is 21.4. The topological polar surface area (TPSA) is 120 Å². The number of amides is 1. The number of pyridine rings is 1. The van der Waals surface area contributed by atoms with E-state index < -0.39 is 38.4 Å². The van der Waals surface area contributed by atoms with Gasteiger partial charge in [-0.1, -0.05) is 0 Å². The SMILES string of the molecule is NS(=O)(=O)c1cc(NC(=O)c2c(C(F)(F)F)c(C3CC3)nn2CC2CCC23CC3)ccn1. The molecule has 5 rings (SSSR count). The molecule has 3 saturated carbocycles. The van der Waals surface area contributed by atoms with Crippen molar-refractivity contribution in [2.24, 2.45) is 16.5 Å². The zero-order chi connectivity index (χ0) is 22.9. The van der Waals surface area contributed by atoms with Gasteiger partial charge in [-0.15, -0.1) is 0 Å². The van der Waals surface area contributed by atoms with Crippen molar-refractivity contribution >= 4 is 21.6 Å². The first-order chi connectivity index (χ1) is 15.0. The second-order valence-corrected chi connectivity index (χ2v) is 10.6. The Balaban J connectivity index is 1.53. The van der Waals surface area contributed by atoms with Crippen LogP contribution in [0.1, 0.15) is 66.2 Å². The zero-order valence-corrected chi connectivity index (χ0v) is 17.8. The Hall–Kier alpha value is -2.47. The Morgan fingerprint density at radius 3 is 2.50 bits per heavy atom. The Bertz CT molecular complexity index is 1200. The quantitative estimate of drug-likeness (QED) is 0.673. The van der Waals surface area contributed by atoms with Crippen LogP contribution in [0.25, 0.3) is 0 Å². The van der Waals surface area contributed by atoms with Crippen LogP contribution in [-0.2, 0) is 22.7 Å². The average molecular weight is 469 g/mol. The van der Waals surface area contributed by atoms with Crippen molar-refractivity contribution < 1.29 is 26.4 Å². The minimum absolute atomic E-state index is 0.0230. The van der Waals surface area contributed by atoms with Gasteiger partial charge < -0.3 is 5.32 Å². The third-order valence-electron chi connectivity index (χ3n) is 6.87. The van der Waals surface area contributed by atoms with Crippen LogP contribution >= 0.6 is 0 Å². The predicted octanol–water partition coefficient (Wildman–Crippen LogP) is 3.26. The van der Waals surface area contributed by atoms with Gasteiger partial charge in [0.1, 0.15) is 11.3 Å². The molecule has 12 heteroatoms. The highest BCUT2D eigenvalue weighted by Gasteiger charge is 2.56. The molecule has 3 fully saturated rings. The van der Waals surface area contributed by atoms with Crippen LogP contribution in [0.5, 0.6) is 0 Å². The van der Waals surface area contributed by atoms with Gasteiger partial charge in [-0.25, -0.2) is 18.5 Å². The van der Waals surface area contributed by atoms with Crippen LogP contribution < -0.4 is 10.5 Å². The van der Waals surface area contributed by atoms with Crippen LogP contribution in [0.3, 0.4) is 0 Å². The normalized spacial score (nSPS) is 21.9. The van der Waals surface area contributed by atoms with E-state index in [-0.39, 0.29) is 35.2 Å². The summed E-state index contributed by atoms with van der Waals surface area (Å²) in [6.45, 7) is 0.261. The van der Waals surface area contributed by atoms with Gasteiger partial charge in [0.2, 0.25) is 0 Å². The number of halogens is 3. The van der Waals surface area contributed by atoms with Gasteiger partial charge >= 0.3 is 6.18 Å². The summed E-state index contributed by atoms with van der Waals surface area (Å²) in [5.74, 6) is -1.09. The highest BCUT2D eigenvalue weighted by atomic mass is 32.2. The average Bonchev–Trinajstić information content (AvgIpc) is 3.60. The van der Waals surface area contributed by atoms with Crippen molar-refractivity contribution in [1.82, 2.24) is 14.8 Å². The van der Waals surface area contributed by atoms with E-state index in [0.29, 0.717) is 12.8 Å². The molecule has 1 spiro atoms. The number of primary sulfonamides is 1. The maximum absolute atomic E-state index is 14.1. The third-order valence-corrected chi connectivity index (χ3v) is 7.67. The lowest BCUT2D eigenvalue weighted by molar-refractivity contribution is -0.138. The van der Waals surface area contributed by atoms with Crippen molar-refractivity contribution in [2.45, 2.75) is 62.2 Å². The number of rotatable bonds is 6. The first-order valence-electron chi connectivity index (χ1n) is 10.5. The summed E-state index contributed by atoms with van der Waals surface area (Å²) in [6, 6.07) is 2.29. The molecular weight excluding hydrogens is 447 g/mol. The van der Waals surface area contributed by atoms with Gasteiger partial charge in [-0.2, -0.15) is 18.3 Å². The largest absolute Gasteiger partial charge is 0.420 e. The molecule has 1 amide bonds. The number of nitrogens with zero attached hydrogens (tertiary/aromatic N) is 3. The fourth-order valence-electron chi connectivity index (χ4n) is 4.67. The minimum atomic E-state index is -4.75. The van der Waals surface area contributed by atoms with Crippen molar-refractivity contribution in [1.29, 1.82) is 0 Å². The van der Waals surface area contributed by atoms with Gasteiger partial charge in [-0.05, 0) is 55.9 Å². The maximum atomic E-state index is 14.1. The molecule has 0 radical (unpaired) electrons. The van der Waals surface area contributed by atoms with E-state index >= 15 is 0 Å². The lowest BCUT2D eigenvalue weighted by Gasteiger charge is -2.37. The number of carbonyl (C=O) groups is 1. The summed E-state index contributed by atoms with van der Waals surface area (Å²) in [7, 11) is -4.14. The molecule has 2 heterocycles. The maximum Gasteiger partial charge on any atom is 0.420 e. The number of hydrogen-bond acceptors (Lipinski definition) is 5. The molecule has 3 aliphatic rings. The summed E-state index contributed by atoms with van der Waals surface area (Å²) in [5.41, 5.74) is -1.43. The fraction of sp³-hybridized carbons (Fsp3) is 0.550.